The number of aromatic nitrogens is 1. The van der Waals surface area contributed by atoms with E-state index < -0.39 is 0 Å². The molecule has 1 N–H and O–H groups in total. The summed E-state index contributed by atoms with van der Waals surface area (Å²) < 4.78 is 1.13. The first-order valence-electron chi connectivity index (χ1n) is 5.79. The third-order valence-electron chi connectivity index (χ3n) is 2.70. The van der Waals surface area contributed by atoms with Crippen LogP contribution in [0, 0.1) is 0 Å². The van der Waals surface area contributed by atoms with Crippen molar-refractivity contribution in [2.75, 3.05) is 7.05 Å². The summed E-state index contributed by atoms with van der Waals surface area (Å²) in [6.07, 6.45) is 0. The Hall–Kier alpha value is -0.230. The zero-order chi connectivity index (χ0) is 13.3. The Kier molecular flexibility index (Phi) is 4.26. The molecule has 2 aromatic rings. The molecule has 2 nitrogen and oxygen atoms in total. The van der Waals surface area contributed by atoms with Crippen molar-refractivity contribution < 1.29 is 0 Å². The monoisotopic (exact) mass is 344 g/mol. The van der Waals surface area contributed by atoms with Crippen LogP contribution in [0.1, 0.15) is 42.4 Å². The van der Waals surface area contributed by atoms with E-state index >= 15 is 0 Å². The molecule has 0 bridgehead atoms. The second-order valence-corrected chi connectivity index (χ2v) is 7.96. The van der Waals surface area contributed by atoms with Gasteiger partial charge in [-0.25, -0.2) is 4.98 Å². The Morgan fingerprint density at radius 1 is 1.28 bits per heavy atom. The third kappa shape index (κ3) is 3.02. The van der Waals surface area contributed by atoms with Gasteiger partial charge >= 0.3 is 0 Å². The van der Waals surface area contributed by atoms with Crippen molar-refractivity contribution in [3.63, 3.8) is 0 Å². The number of nitrogens with zero attached hydrogens (tertiary/aromatic N) is 1. The van der Waals surface area contributed by atoms with Gasteiger partial charge in [-0.3, -0.25) is 0 Å². The summed E-state index contributed by atoms with van der Waals surface area (Å²) in [4.78, 5) is 6.08. The lowest BCUT2D eigenvalue weighted by Gasteiger charge is -2.15. The normalized spacial score (nSPS) is 13.8. The van der Waals surface area contributed by atoms with E-state index in [4.69, 9.17) is 4.98 Å². The van der Waals surface area contributed by atoms with Crippen LogP contribution in [-0.2, 0) is 5.41 Å². The van der Waals surface area contributed by atoms with E-state index in [9.17, 15) is 0 Å². The molecule has 0 spiro atoms. The van der Waals surface area contributed by atoms with Gasteiger partial charge in [0.15, 0.2) is 0 Å². The maximum atomic E-state index is 4.79. The Labute approximate surface area is 125 Å². The van der Waals surface area contributed by atoms with Gasteiger partial charge in [0.2, 0.25) is 0 Å². The molecule has 5 heteroatoms. The van der Waals surface area contributed by atoms with Crippen molar-refractivity contribution in [1.29, 1.82) is 0 Å². The Bertz CT molecular complexity index is 525. The maximum absolute atomic E-state index is 4.79. The number of hydrogen-bond donors (Lipinski definition) is 1. The molecule has 1 atom stereocenters. The molecule has 0 aliphatic rings. The zero-order valence-corrected chi connectivity index (χ0v) is 14.2. The van der Waals surface area contributed by atoms with Crippen LogP contribution in [0.5, 0.6) is 0 Å². The molecule has 0 saturated carbocycles. The summed E-state index contributed by atoms with van der Waals surface area (Å²) in [5.41, 5.74) is 1.28. The van der Waals surface area contributed by atoms with E-state index in [0.29, 0.717) is 0 Å². The predicted molar refractivity (Wildman–Crippen MR) is 83.7 cm³/mol. The summed E-state index contributed by atoms with van der Waals surface area (Å²) in [6.45, 7) is 6.59. The van der Waals surface area contributed by atoms with Gasteiger partial charge in [-0.2, -0.15) is 0 Å². The fraction of sp³-hybridized carbons (Fsp3) is 0.462. The van der Waals surface area contributed by atoms with Gasteiger partial charge in [0.05, 0.1) is 11.7 Å². The van der Waals surface area contributed by atoms with Crippen LogP contribution >= 0.6 is 38.6 Å². The molecule has 2 rings (SSSR count). The second kappa shape index (κ2) is 5.41. The molecule has 2 aromatic heterocycles. The van der Waals surface area contributed by atoms with Gasteiger partial charge in [0.1, 0.15) is 5.01 Å². The van der Waals surface area contributed by atoms with Crippen LogP contribution in [0.4, 0.5) is 0 Å². The number of nitrogens with one attached hydrogen (secondary N) is 1. The smallest absolute Gasteiger partial charge is 0.115 e. The SMILES string of the molecule is CNC(c1cc(Br)cs1)c1nc(C(C)(C)C)cs1. The minimum atomic E-state index is 0.114. The number of hydrogen-bond acceptors (Lipinski definition) is 4. The van der Waals surface area contributed by atoms with Crippen molar-refractivity contribution >= 4 is 38.6 Å². The van der Waals surface area contributed by atoms with Crippen molar-refractivity contribution in [2.24, 2.45) is 0 Å². The van der Waals surface area contributed by atoms with Gasteiger partial charge in [-0.1, -0.05) is 20.8 Å². The highest BCUT2D eigenvalue weighted by molar-refractivity contribution is 9.10. The Balaban J connectivity index is 2.31. The van der Waals surface area contributed by atoms with Gasteiger partial charge < -0.3 is 5.32 Å². The summed E-state index contributed by atoms with van der Waals surface area (Å²) in [5.74, 6) is 0. The lowest BCUT2D eigenvalue weighted by molar-refractivity contribution is 0.566. The molecular formula is C13H17BrN2S2. The van der Waals surface area contributed by atoms with Crippen molar-refractivity contribution in [3.8, 4) is 0 Å². The molecule has 0 aliphatic heterocycles. The molecule has 18 heavy (non-hydrogen) atoms. The van der Waals surface area contributed by atoms with E-state index in [1.165, 1.54) is 10.6 Å². The molecule has 0 radical (unpaired) electrons. The highest BCUT2D eigenvalue weighted by atomic mass is 79.9. The van der Waals surface area contributed by atoms with E-state index in [2.05, 4.69) is 58.8 Å². The first kappa shape index (κ1) is 14.2. The first-order valence-corrected chi connectivity index (χ1v) is 8.34. The highest BCUT2D eigenvalue weighted by Crippen LogP contribution is 2.33. The minimum Gasteiger partial charge on any atom is -0.307 e. The molecule has 0 aliphatic carbocycles. The Morgan fingerprint density at radius 2 is 2.00 bits per heavy atom. The van der Waals surface area contributed by atoms with Gasteiger partial charge in [0.25, 0.3) is 0 Å². The number of thiophene rings is 1. The number of thiazole rings is 1. The topological polar surface area (TPSA) is 24.9 Å². The van der Waals surface area contributed by atoms with Gasteiger partial charge in [0, 0.05) is 25.5 Å². The molecular weight excluding hydrogens is 328 g/mol. The predicted octanol–water partition coefficient (Wildman–Crippen LogP) is 4.57. The largest absolute Gasteiger partial charge is 0.307 e. The summed E-state index contributed by atoms with van der Waals surface area (Å²) in [6, 6.07) is 2.35. The Morgan fingerprint density at radius 3 is 2.44 bits per heavy atom. The lowest BCUT2D eigenvalue weighted by atomic mass is 9.93. The quantitative estimate of drug-likeness (QED) is 0.881. The van der Waals surface area contributed by atoms with Crippen molar-refractivity contribution in [3.05, 3.63) is 36.9 Å². The van der Waals surface area contributed by atoms with Crippen LogP contribution in [0.25, 0.3) is 0 Å². The minimum absolute atomic E-state index is 0.114. The number of rotatable bonds is 3. The van der Waals surface area contributed by atoms with Crippen LogP contribution in [0.2, 0.25) is 0 Å². The van der Waals surface area contributed by atoms with Gasteiger partial charge in [-0.05, 0) is 29.0 Å². The third-order valence-corrected chi connectivity index (χ3v) is 5.37. The van der Waals surface area contributed by atoms with Crippen molar-refractivity contribution in [2.45, 2.75) is 32.2 Å². The van der Waals surface area contributed by atoms with Crippen molar-refractivity contribution in [1.82, 2.24) is 10.3 Å². The van der Waals surface area contributed by atoms with E-state index in [0.717, 1.165) is 9.48 Å². The first-order chi connectivity index (χ1) is 8.41. The molecule has 0 amide bonds. The molecule has 0 aromatic carbocycles. The van der Waals surface area contributed by atoms with Crippen LogP contribution in [-0.4, -0.2) is 12.0 Å². The molecule has 0 saturated heterocycles. The van der Waals surface area contributed by atoms with Crippen LogP contribution < -0.4 is 5.32 Å². The van der Waals surface area contributed by atoms with Crippen LogP contribution in [0.15, 0.2) is 21.3 Å². The van der Waals surface area contributed by atoms with E-state index in [1.54, 1.807) is 22.7 Å². The average Bonchev–Trinajstić information content (AvgIpc) is 2.88. The average molecular weight is 345 g/mol. The van der Waals surface area contributed by atoms with E-state index in [1.807, 2.05) is 7.05 Å². The fourth-order valence-corrected chi connectivity index (χ4v) is 4.43. The maximum Gasteiger partial charge on any atom is 0.115 e. The lowest BCUT2D eigenvalue weighted by Crippen LogP contribution is -2.17. The summed E-state index contributed by atoms with van der Waals surface area (Å²) in [7, 11) is 1.98. The standard InChI is InChI=1S/C13H17BrN2S2/c1-13(2,3)10-7-18-12(16-10)11(15-4)9-5-8(14)6-17-9/h5-7,11,15H,1-4H3. The second-order valence-electron chi connectivity index (χ2n) is 5.21. The zero-order valence-electron chi connectivity index (χ0n) is 11.0. The highest BCUT2D eigenvalue weighted by Gasteiger charge is 2.22. The van der Waals surface area contributed by atoms with Gasteiger partial charge in [-0.15, -0.1) is 22.7 Å². The molecule has 2 heterocycles. The van der Waals surface area contributed by atoms with E-state index in [-0.39, 0.29) is 11.5 Å². The molecule has 98 valence electrons. The number of halogens is 1. The molecule has 1 unspecified atom stereocenters. The summed E-state index contributed by atoms with van der Waals surface area (Å²) >= 11 is 6.99. The summed E-state index contributed by atoms with van der Waals surface area (Å²) in [5, 5.41) is 8.76. The molecule has 0 fully saturated rings. The van der Waals surface area contributed by atoms with Crippen LogP contribution in [0.3, 0.4) is 0 Å². The fourth-order valence-electron chi connectivity index (χ4n) is 1.63.